The second-order valence-corrected chi connectivity index (χ2v) is 7.08. The fourth-order valence-electron chi connectivity index (χ4n) is 1.51. The Bertz CT molecular complexity index is 140. The second-order valence-electron chi connectivity index (χ2n) is 5.16. The number of rotatable bonds is 8. The number of hydrogen-bond donors (Lipinski definition) is 1. The first-order chi connectivity index (χ1) is 6.99. The highest BCUT2D eigenvalue weighted by molar-refractivity contribution is 8.00. The SMILES string of the molecule is CCCNC(CC)CCCSC(C)(C)C. The van der Waals surface area contributed by atoms with Crippen molar-refractivity contribution in [3.63, 3.8) is 0 Å². The maximum atomic E-state index is 3.61. The lowest BCUT2D eigenvalue weighted by molar-refractivity contribution is 0.465. The first-order valence-electron chi connectivity index (χ1n) is 6.37. The molecule has 0 saturated carbocycles. The standard InChI is InChI=1S/C13H29NS/c1-6-10-14-12(7-2)9-8-11-15-13(3,4)5/h12,14H,6-11H2,1-5H3. The van der Waals surface area contributed by atoms with Gasteiger partial charge in [-0.1, -0.05) is 34.6 Å². The highest BCUT2D eigenvalue weighted by atomic mass is 32.2. The van der Waals surface area contributed by atoms with E-state index >= 15 is 0 Å². The Morgan fingerprint density at radius 3 is 2.33 bits per heavy atom. The van der Waals surface area contributed by atoms with Crippen LogP contribution in [-0.2, 0) is 0 Å². The summed E-state index contributed by atoms with van der Waals surface area (Å²) in [5.74, 6) is 1.30. The minimum atomic E-state index is 0.429. The molecule has 0 aromatic heterocycles. The van der Waals surface area contributed by atoms with E-state index in [4.69, 9.17) is 0 Å². The van der Waals surface area contributed by atoms with E-state index in [-0.39, 0.29) is 0 Å². The van der Waals surface area contributed by atoms with Crippen molar-refractivity contribution in [3.8, 4) is 0 Å². The van der Waals surface area contributed by atoms with Crippen LogP contribution in [-0.4, -0.2) is 23.1 Å². The number of hydrogen-bond acceptors (Lipinski definition) is 2. The quantitative estimate of drug-likeness (QED) is 0.632. The van der Waals surface area contributed by atoms with Crippen molar-refractivity contribution in [2.45, 2.75) is 71.1 Å². The van der Waals surface area contributed by atoms with Gasteiger partial charge in [0, 0.05) is 10.8 Å². The van der Waals surface area contributed by atoms with Crippen molar-refractivity contribution in [1.82, 2.24) is 5.32 Å². The maximum Gasteiger partial charge on any atom is 0.00750 e. The van der Waals surface area contributed by atoms with Gasteiger partial charge in [0.15, 0.2) is 0 Å². The van der Waals surface area contributed by atoms with Crippen molar-refractivity contribution in [2.75, 3.05) is 12.3 Å². The van der Waals surface area contributed by atoms with Crippen LogP contribution in [0, 0.1) is 0 Å². The highest BCUT2D eigenvalue weighted by Crippen LogP contribution is 2.24. The second kappa shape index (κ2) is 8.46. The van der Waals surface area contributed by atoms with Gasteiger partial charge in [-0.15, -0.1) is 0 Å². The third-order valence-electron chi connectivity index (χ3n) is 2.41. The molecule has 0 rings (SSSR count). The summed E-state index contributed by atoms with van der Waals surface area (Å²) in [5.41, 5.74) is 0. The summed E-state index contributed by atoms with van der Waals surface area (Å²) in [5, 5.41) is 3.61. The molecule has 0 aromatic rings. The van der Waals surface area contributed by atoms with E-state index in [9.17, 15) is 0 Å². The van der Waals surface area contributed by atoms with E-state index in [1.807, 2.05) is 0 Å². The Kier molecular flexibility index (Phi) is 8.64. The largest absolute Gasteiger partial charge is 0.314 e. The molecule has 0 bridgehead atoms. The Morgan fingerprint density at radius 1 is 1.20 bits per heavy atom. The van der Waals surface area contributed by atoms with Gasteiger partial charge in [-0.05, 0) is 38.0 Å². The predicted molar refractivity (Wildman–Crippen MR) is 73.8 cm³/mol. The molecule has 1 nitrogen and oxygen atoms in total. The molecule has 0 heterocycles. The van der Waals surface area contributed by atoms with Crippen molar-refractivity contribution < 1.29 is 0 Å². The van der Waals surface area contributed by atoms with E-state index in [2.05, 4.69) is 51.7 Å². The predicted octanol–water partition coefficient (Wildman–Crippen LogP) is 4.08. The lowest BCUT2D eigenvalue weighted by atomic mass is 10.1. The third-order valence-corrected chi connectivity index (χ3v) is 3.77. The van der Waals surface area contributed by atoms with Crippen LogP contribution in [0.2, 0.25) is 0 Å². The molecule has 0 aliphatic heterocycles. The van der Waals surface area contributed by atoms with Crippen LogP contribution in [0.1, 0.15) is 60.3 Å². The molecule has 0 fully saturated rings. The van der Waals surface area contributed by atoms with Crippen LogP contribution < -0.4 is 5.32 Å². The molecule has 1 N–H and O–H groups in total. The lowest BCUT2D eigenvalue weighted by Gasteiger charge is -2.19. The molecule has 0 saturated heterocycles. The smallest absolute Gasteiger partial charge is 0.00750 e. The van der Waals surface area contributed by atoms with Gasteiger partial charge in [0.1, 0.15) is 0 Å². The summed E-state index contributed by atoms with van der Waals surface area (Å²) in [4.78, 5) is 0. The molecule has 0 aromatic carbocycles. The van der Waals surface area contributed by atoms with Crippen molar-refractivity contribution >= 4 is 11.8 Å². The Morgan fingerprint density at radius 2 is 1.87 bits per heavy atom. The van der Waals surface area contributed by atoms with E-state index in [1.54, 1.807) is 0 Å². The van der Waals surface area contributed by atoms with E-state index in [0.717, 1.165) is 6.04 Å². The van der Waals surface area contributed by atoms with E-state index in [0.29, 0.717) is 4.75 Å². The van der Waals surface area contributed by atoms with Crippen LogP contribution >= 0.6 is 11.8 Å². The molecule has 1 atom stereocenters. The normalized spacial score (nSPS) is 14.2. The molecule has 0 aliphatic rings. The molecule has 15 heavy (non-hydrogen) atoms. The summed E-state index contributed by atoms with van der Waals surface area (Å²) in [6, 6.07) is 0.741. The van der Waals surface area contributed by atoms with Crippen LogP contribution in [0.4, 0.5) is 0 Å². The fraction of sp³-hybridized carbons (Fsp3) is 1.00. The third kappa shape index (κ3) is 10.6. The zero-order valence-electron chi connectivity index (χ0n) is 11.2. The van der Waals surface area contributed by atoms with Crippen LogP contribution in [0.25, 0.3) is 0 Å². The van der Waals surface area contributed by atoms with Crippen LogP contribution in [0.3, 0.4) is 0 Å². The maximum absolute atomic E-state index is 3.61. The van der Waals surface area contributed by atoms with Gasteiger partial charge in [0.2, 0.25) is 0 Å². The summed E-state index contributed by atoms with van der Waals surface area (Å²) < 4.78 is 0.429. The summed E-state index contributed by atoms with van der Waals surface area (Å²) in [6.07, 6.45) is 5.18. The Balaban J connectivity index is 3.46. The highest BCUT2D eigenvalue weighted by Gasteiger charge is 2.10. The van der Waals surface area contributed by atoms with Crippen molar-refractivity contribution in [3.05, 3.63) is 0 Å². The molecular formula is C13H29NS. The van der Waals surface area contributed by atoms with Gasteiger partial charge < -0.3 is 5.32 Å². The number of thioether (sulfide) groups is 1. The molecular weight excluding hydrogens is 202 g/mol. The van der Waals surface area contributed by atoms with Gasteiger partial charge in [0.25, 0.3) is 0 Å². The van der Waals surface area contributed by atoms with Crippen LogP contribution in [0.5, 0.6) is 0 Å². The van der Waals surface area contributed by atoms with Gasteiger partial charge in [-0.25, -0.2) is 0 Å². The van der Waals surface area contributed by atoms with Gasteiger partial charge in [-0.3, -0.25) is 0 Å². The lowest BCUT2D eigenvalue weighted by Crippen LogP contribution is -2.29. The van der Waals surface area contributed by atoms with Crippen molar-refractivity contribution in [1.29, 1.82) is 0 Å². The molecule has 2 heteroatoms. The zero-order valence-corrected chi connectivity index (χ0v) is 12.0. The summed E-state index contributed by atoms with van der Waals surface area (Å²) in [7, 11) is 0. The van der Waals surface area contributed by atoms with Gasteiger partial charge in [-0.2, -0.15) is 11.8 Å². The minimum Gasteiger partial charge on any atom is -0.314 e. The van der Waals surface area contributed by atoms with E-state index < -0.39 is 0 Å². The molecule has 0 amide bonds. The Hall–Kier alpha value is 0.310. The minimum absolute atomic E-state index is 0.429. The first kappa shape index (κ1) is 15.3. The average molecular weight is 231 g/mol. The molecule has 0 radical (unpaired) electrons. The molecule has 0 spiro atoms. The molecule has 92 valence electrons. The fourth-order valence-corrected chi connectivity index (χ4v) is 2.43. The van der Waals surface area contributed by atoms with Gasteiger partial charge >= 0.3 is 0 Å². The average Bonchev–Trinajstić information content (AvgIpc) is 2.15. The van der Waals surface area contributed by atoms with Crippen molar-refractivity contribution in [2.24, 2.45) is 0 Å². The summed E-state index contributed by atoms with van der Waals surface area (Å²) >= 11 is 2.08. The zero-order chi connectivity index (χ0) is 11.7. The monoisotopic (exact) mass is 231 g/mol. The summed E-state index contributed by atoms with van der Waals surface area (Å²) in [6.45, 7) is 12.6. The molecule has 1 unspecified atom stereocenters. The first-order valence-corrected chi connectivity index (χ1v) is 7.35. The van der Waals surface area contributed by atoms with Gasteiger partial charge in [0.05, 0.1) is 0 Å². The number of nitrogens with one attached hydrogen (secondary N) is 1. The molecule has 0 aliphatic carbocycles. The topological polar surface area (TPSA) is 12.0 Å². The van der Waals surface area contributed by atoms with Crippen LogP contribution in [0.15, 0.2) is 0 Å². The van der Waals surface area contributed by atoms with E-state index in [1.165, 1.54) is 38.0 Å². The Labute approximate surface area is 101 Å².